The fourth-order valence-electron chi connectivity index (χ4n) is 2.19. The number of amides is 2. The Hall–Kier alpha value is -2.64. The number of esters is 1. The number of fused-ring (bicyclic) bond motifs is 1. The highest BCUT2D eigenvalue weighted by molar-refractivity contribution is 6.22. The van der Waals surface area contributed by atoms with Gasteiger partial charge in [0.05, 0.1) is 18.2 Å². The normalized spacial score (nSPS) is 14.8. The van der Waals surface area contributed by atoms with E-state index < -0.39 is 58.8 Å². The zero-order valence-corrected chi connectivity index (χ0v) is 11.7. The molecular weight excluding hydrogens is 300 g/mol. The lowest BCUT2D eigenvalue weighted by Crippen LogP contribution is -2.40. The van der Waals surface area contributed by atoms with Crippen LogP contribution in [0.2, 0.25) is 0 Å². The molecule has 0 N–H and O–H groups in total. The van der Waals surface area contributed by atoms with Gasteiger partial charge in [0.2, 0.25) is 0 Å². The highest BCUT2D eigenvalue weighted by Gasteiger charge is 2.43. The SMILES string of the molecule is COC(=O)C(CN1C(=O)c2c(F)ccc(F)c2C1=O)C(C)=O. The molecule has 1 aromatic carbocycles. The molecule has 0 aliphatic carbocycles. The lowest BCUT2D eigenvalue weighted by molar-refractivity contribution is -0.149. The van der Waals surface area contributed by atoms with Gasteiger partial charge in [-0.3, -0.25) is 24.1 Å². The summed E-state index contributed by atoms with van der Waals surface area (Å²) >= 11 is 0. The number of Topliss-reactive ketones (excluding diaryl/α,β-unsaturated/α-hetero) is 1. The smallest absolute Gasteiger partial charge is 0.318 e. The van der Waals surface area contributed by atoms with Crippen molar-refractivity contribution in [1.29, 1.82) is 0 Å². The zero-order chi connectivity index (χ0) is 16.6. The van der Waals surface area contributed by atoms with E-state index in [1.165, 1.54) is 0 Å². The van der Waals surface area contributed by atoms with Crippen LogP contribution in [0, 0.1) is 17.6 Å². The van der Waals surface area contributed by atoms with E-state index in [2.05, 4.69) is 4.74 Å². The minimum atomic E-state index is -1.40. The molecule has 0 bridgehead atoms. The summed E-state index contributed by atoms with van der Waals surface area (Å²) in [5, 5.41) is 0. The second kappa shape index (κ2) is 5.63. The molecule has 0 spiro atoms. The van der Waals surface area contributed by atoms with Crippen LogP contribution < -0.4 is 0 Å². The number of rotatable bonds is 4. The van der Waals surface area contributed by atoms with Gasteiger partial charge in [0, 0.05) is 6.54 Å². The van der Waals surface area contributed by atoms with Gasteiger partial charge in [-0.15, -0.1) is 0 Å². The third-order valence-corrected chi connectivity index (χ3v) is 3.36. The molecule has 1 atom stereocenters. The van der Waals surface area contributed by atoms with Crippen molar-refractivity contribution < 1.29 is 32.7 Å². The molecule has 1 aliphatic heterocycles. The van der Waals surface area contributed by atoms with Gasteiger partial charge in [-0.25, -0.2) is 8.78 Å². The van der Waals surface area contributed by atoms with Gasteiger partial charge < -0.3 is 4.74 Å². The molecule has 8 heteroatoms. The number of benzene rings is 1. The number of ketones is 1. The van der Waals surface area contributed by atoms with E-state index in [1.54, 1.807) is 0 Å². The predicted octanol–water partition coefficient (Wildman–Crippen LogP) is 0.939. The van der Waals surface area contributed by atoms with Gasteiger partial charge in [0.15, 0.2) is 0 Å². The first-order valence-corrected chi connectivity index (χ1v) is 6.22. The Balaban J connectivity index is 2.40. The lowest BCUT2D eigenvalue weighted by Gasteiger charge is -2.18. The molecule has 22 heavy (non-hydrogen) atoms. The van der Waals surface area contributed by atoms with Crippen LogP contribution in [0.1, 0.15) is 27.6 Å². The highest BCUT2D eigenvalue weighted by atomic mass is 19.1. The van der Waals surface area contributed by atoms with Gasteiger partial charge in [-0.1, -0.05) is 0 Å². The Morgan fingerprint density at radius 3 is 1.95 bits per heavy atom. The summed E-state index contributed by atoms with van der Waals surface area (Å²) in [7, 11) is 1.04. The largest absolute Gasteiger partial charge is 0.468 e. The molecule has 116 valence electrons. The number of carbonyl (C=O) groups is 4. The van der Waals surface area contributed by atoms with Crippen molar-refractivity contribution in [1.82, 2.24) is 4.90 Å². The number of hydrogen-bond donors (Lipinski definition) is 0. The van der Waals surface area contributed by atoms with Gasteiger partial charge in [0.1, 0.15) is 23.3 Å². The molecular formula is C14H11F2NO5. The maximum absolute atomic E-state index is 13.7. The van der Waals surface area contributed by atoms with Crippen LogP contribution in [0.15, 0.2) is 12.1 Å². The van der Waals surface area contributed by atoms with E-state index in [4.69, 9.17) is 0 Å². The summed E-state index contributed by atoms with van der Waals surface area (Å²) in [6.45, 7) is 0.453. The molecule has 0 saturated heterocycles. The van der Waals surface area contributed by atoms with Crippen LogP contribution in [-0.2, 0) is 14.3 Å². The highest BCUT2D eigenvalue weighted by Crippen LogP contribution is 2.28. The number of nitrogens with zero attached hydrogens (tertiary/aromatic N) is 1. The molecule has 0 fully saturated rings. The van der Waals surface area contributed by atoms with Crippen molar-refractivity contribution >= 4 is 23.6 Å². The summed E-state index contributed by atoms with van der Waals surface area (Å²) in [6.07, 6.45) is 0. The van der Waals surface area contributed by atoms with E-state index >= 15 is 0 Å². The first-order chi connectivity index (χ1) is 10.3. The quantitative estimate of drug-likeness (QED) is 0.469. The molecule has 2 rings (SSSR count). The molecule has 1 aromatic rings. The van der Waals surface area contributed by atoms with Crippen molar-refractivity contribution in [3.8, 4) is 0 Å². The molecule has 1 heterocycles. The van der Waals surface area contributed by atoms with E-state index in [9.17, 15) is 28.0 Å². The van der Waals surface area contributed by atoms with Crippen LogP contribution in [0.25, 0.3) is 0 Å². The Kier molecular flexibility index (Phi) is 4.03. The van der Waals surface area contributed by atoms with Crippen LogP contribution in [0.3, 0.4) is 0 Å². The summed E-state index contributed by atoms with van der Waals surface area (Å²) in [5.41, 5.74) is -1.39. The molecule has 2 amide bonds. The second-order valence-corrected chi connectivity index (χ2v) is 4.69. The number of imide groups is 1. The van der Waals surface area contributed by atoms with E-state index in [1.807, 2.05) is 0 Å². The maximum atomic E-state index is 13.7. The van der Waals surface area contributed by atoms with Crippen molar-refractivity contribution in [2.45, 2.75) is 6.92 Å². The third kappa shape index (κ3) is 2.36. The van der Waals surface area contributed by atoms with Crippen LogP contribution in [0.5, 0.6) is 0 Å². The van der Waals surface area contributed by atoms with Gasteiger partial charge in [-0.05, 0) is 19.1 Å². The number of hydrogen-bond acceptors (Lipinski definition) is 5. The monoisotopic (exact) mass is 311 g/mol. The molecule has 0 saturated carbocycles. The molecule has 0 aromatic heterocycles. The Morgan fingerprint density at radius 2 is 1.59 bits per heavy atom. The zero-order valence-electron chi connectivity index (χ0n) is 11.7. The summed E-state index contributed by atoms with van der Waals surface area (Å²) < 4.78 is 31.7. The minimum Gasteiger partial charge on any atom is -0.468 e. The van der Waals surface area contributed by atoms with Crippen molar-refractivity contribution in [3.63, 3.8) is 0 Å². The fraction of sp³-hybridized carbons (Fsp3) is 0.286. The standard InChI is InChI=1S/C14H11F2NO5/c1-6(18)7(14(21)22-2)5-17-12(19)10-8(15)3-4-9(16)11(10)13(17)20/h3-4,7H,5H2,1-2H3. The third-order valence-electron chi connectivity index (χ3n) is 3.36. The molecule has 6 nitrogen and oxygen atoms in total. The number of carbonyl (C=O) groups excluding carboxylic acids is 4. The lowest BCUT2D eigenvalue weighted by atomic mass is 10.1. The van der Waals surface area contributed by atoms with Crippen molar-refractivity contribution in [2.75, 3.05) is 13.7 Å². The van der Waals surface area contributed by atoms with Crippen LogP contribution in [0.4, 0.5) is 8.78 Å². The predicted molar refractivity (Wildman–Crippen MR) is 67.9 cm³/mol. The van der Waals surface area contributed by atoms with Crippen molar-refractivity contribution in [3.05, 3.63) is 34.9 Å². The average molecular weight is 311 g/mol. The minimum absolute atomic E-state index is 0.472. The molecule has 1 unspecified atom stereocenters. The van der Waals surface area contributed by atoms with Crippen molar-refractivity contribution in [2.24, 2.45) is 5.92 Å². The number of halogens is 2. The molecule has 0 radical (unpaired) electrons. The van der Waals surface area contributed by atoms with Crippen LogP contribution in [-0.4, -0.2) is 42.1 Å². The maximum Gasteiger partial charge on any atom is 0.318 e. The fourth-order valence-corrected chi connectivity index (χ4v) is 2.19. The Labute approximate surface area is 123 Å². The average Bonchev–Trinajstić information content (AvgIpc) is 2.72. The Morgan fingerprint density at radius 1 is 1.14 bits per heavy atom. The van der Waals surface area contributed by atoms with Crippen LogP contribution >= 0.6 is 0 Å². The Bertz CT molecular complexity index is 660. The van der Waals surface area contributed by atoms with E-state index in [0.29, 0.717) is 4.90 Å². The second-order valence-electron chi connectivity index (χ2n) is 4.69. The van der Waals surface area contributed by atoms with Gasteiger partial charge >= 0.3 is 5.97 Å². The summed E-state index contributed by atoms with van der Waals surface area (Å²) in [5.74, 6) is -7.25. The molecule has 1 aliphatic rings. The van der Waals surface area contributed by atoms with E-state index in [-0.39, 0.29) is 0 Å². The number of methoxy groups -OCH3 is 1. The van der Waals surface area contributed by atoms with Gasteiger partial charge in [0.25, 0.3) is 11.8 Å². The van der Waals surface area contributed by atoms with E-state index in [0.717, 1.165) is 26.2 Å². The number of ether oxygens (including phenoxy) is 1. The first kappa shape index (κ1) is 15.7. The first-order valence-electron chi connectivity index (χ1n) is 6.22. The summed E-state index contributed by atoms with van der Waals surface area (Å²) in [6, 6.07) is 1.46. The topological polar surface area (TPSA) is 80.8 Å². The van der Waals surface area contributed by atoms with Gasteiger partial charge in [-0.2, -0.15) is 0 Å². The summed E-state index contributed by atoms with van der Waals surface area (Å²) in [4.78, 5) is 47.6.